The summed E-state index contributed by atoms with van der Waals surface area (Å²) in [5.41, 5.74) is -1.08. The summed E-state index contributed by atoms with van der Waals surface area (Å²) in [6.07, 6.45) is -2.10. The lowest BCUT2D eigenvalue weighted by Gasteiger charge is -2.29. The summed E-state index contributed by atoms with van der Waals surface area (Å²) in [5.74, 6) is -4.84. The summed E-state index contributed by atoms with van der Waals surface area (Å²) in [4.78, 5) is 30.6. The lowest BCUT2D eigenvalue weighted by molar-refractivity contribution is -0.214. The zero-order chi connectivity index (χ0) is 29.5. The van der Waals surface area contributed by atoms with Crippen molar-refractivity contribution >= 4 is 17.6 Å². The fraction of sp³-hybridized carbons (Fsp3) is 0.583. The van der Waals surface area contributed by atoms with Crippen molar-refractivity contribution in [3.05, 3.63) is 41.1 Å². The maximum absolute atomic E-state index is 14.4. The number of alkyl halides is 5. The third kappa shape index (κ3) is 6.14. The van der Waals surface area contributed by atoms with Crippen molar-refractivity contribution in [1.82, 2.24) is 40.4 Å². The van der Waals surface area contributed by atoms with E-state index in [4.69, 9.17) is 0 Å². The fourth-order valence-electron chi connectivity index (χ4n) is 4.13. The Hall–Kier alpha value is -3.85. The Kier molecular flexibility index (Phi) is 7.73. The van der Waals surface area contributed by atoms with Gasteiger partial charge in [-0.25, -0.2) is 27.7 Å². The van der Waals surface area contributed by atoms with Crippen LogP contribution in [0.1, 0.15) is 67.1 Å². The number of rotatable bonds is 8. The second-order valence-corrected chi connectivity index (χ2v) is 10.7. The van der Waals surface area contributed by atoms with E-state index in [1.165, 1.54) is 36.8 Å². The van der Waals surface area contributed by atoms with E-state index >= 15 is 0 Å². The molecule has 3 aromatic rings. The summed E-state index contributed by atoms with van der Waals surface area (Å²) < 4.78 is 75.3. The van der Waals surface area contributed by atoms with E-state index in [1.54, 1.807) is 0 Å². The van der Waals surface area contributed by atoms with Crippen LogP contribution in [0.2, 0.25) is 0 Å². The SMILES string of the molecule is Cc1nonc1C(=O)N[C@@H](CCC(C)(C)C(F)(F)F)c1cn2ncc(CN3CC(F)(F)[C@H](C)CNC3=O)cc2n1. The molecule has 1 fully saturated rings. The van der Waals surface area contributed by atoms with E-state index in [0.717, 1.165) is 18.7 Å². The van der Waals surface area contributed by atoms with Crippen LogP contribution in [0.25, 0.3) is 5.65 Å². The van der Waals surface area contributed by atoms with Crippen molar-refractivity contribution < 1.29 is 36.2 Å². The predicted molar refractivity (Wildman–Crippen MR) is 129 cm³/mol. The minimum Gasteiger partial charge on any atom is -0.342 e. The first kappa shape index (κ1) is 29.1. The summed E-state index contributed by atoms with van der Waals surface area (Å²) in [6, 6.07) is -0.0759. The number of aryl methyl sites for hydroxylation is 1. The number of hydrogen-bond acceptors (Lipinski definition) is 7. The third-order valence-electron chi connectivity index (χ3n) is 7.09. The van der Waals surface area contributed by atoms with Crippen LogP contribution < -0.4 is 10.6 Å². The highest BCUT2D eigenvalue weighted by molar-refractivity contribution is 5.93. The number of imidazole rings is 1. The zero-order valence-corrected chi connectivity index (χ0v) is 22.2. The van der Waals surface area contributed by atoms with Gasteiger partial charge < -0.3 is 15.5 Å². The molecule has 1 aliphatic heterocycles. The van der Waals surface area contributed by atoms with Crippen LogP contribution in [-0.2, 0) is 6.54 Å². The smallest absolute Gasteiger partial charge is 0.342 e. The molecular formula is C24H29F5N8O3. The topological polar surface area (TPSA) is 131 Å². The Morgan fingerprint density at radius 2 is 2.02 bits per heavy atom. The number of carbonyl (C=O) groups is 2. The molecule has 0 saturated carbocycles. The monoisotopic (exact) mass is 572 g/mol. The molecule has 0 unspecified atom stereocenters. The zero-order valence-electron chi connectivity index (χ0n) is 22.2. The van der Waals surface area contributed by atoms with Gasteiger partial charge >= 0.3 is 12.2 Å². The predicted octanol–water partition coefficient (Wildman–Crippen LogP) is 4.06. The Balaban J connectivity index is 1.59. The average molecular weight is 573 g/mol. The van der Waals surface area contributed by atoms with Gasteiger partial charge in [0.1, 0.15) is 5.69 Å². The second kappa shape index (κ2) is 10.6. The molecule has 3 aromatic heterocycles. The van der Waals surface area contributed by atoms with Crippen LogP contribution in [0.4, 0.5) is 26.7 Å². The molecule has 0 spiro atoms. The highest BCUT2D eigenvalue weighted by Crippen LogP contribution is 2.42. The molecule has 4 heterocycles. The van der Waals surface area contributed by atoms with Crippen LogP contribution >= 0.6 is 0 Å². The summed E-state index contributed by atoms with van der Waals surface area (Å²) >= 11 is 0. The van der Waals surface area contributed by atoms with Gasteiger partial charge in [0.05, 0.1) is 36.1 Å². The second-order valence-electron chi connectivity index (χ2n) is 10.7. The van der Waals surface area contributed by atoms with Crippen molar-refractivity contribution in [2.45, 2.75) is 65.2 Å². The molecule has 3 amide bonds. The number of halogens is 5. The largest absolute Gasteiger partial charge is 0.393 e. The van der Waals surface area contributed by atoms with Crippen LogP contribution in [0, 0.1) is 18.3 Å². The Morgan fingerprint density at radius 3 is 2.67 bits per heavy atom. The fourth-order valence-corrected chi connectivity index (χ4v) is 4.13. The lowest BCUT2D eigenvalue weighted by Crippen LogP contribution is -2.41. The molecule has 1 aliphatic rings. The number of nitrogens with zero attached hydrogens (tertiary/aromatic N) is 6. The number of nitrogens with one attached hydrogen (secondary N) is 2. The van der Waals surface area contributed by atoms with Gasteiger partial charge in [-0.05, 0) is 36.6 Å². The van der Waals surface area contributed by atoms with Crippen LogP contribution in [-0.4, -0.2) is 66.9 Å². The molecule has 218 valence electrons. The van der Waals surface area contributed by atoms with Crippen molar-refractivity contribution in [2.75, 3.05) is 13.1 Å². The van der Waals surface area contributed by atoms with Crippen LogP contribution in [0.15, 0.2) is 23.1 Å². The van der Waals surface area contributed by atoms with Crippen molar-refractivity contribution in [1.29, 1.82) is 0 Å². The molecule has 0 radical (unpaired) electrons. The maximum Gasteiger partial charge on any atom is 0.393 e. The average Bonchev–Trinajstić information content (AvgIpc) is 3.46. The van der Waals surface area contributed by atoms with Gasteiger partial charge in [-0.1, -0.05) is 25.9 Å². The standard InChI is InChI=1S/C24H29F5N8O3/c1-13-8-30-21(39)36(12-23(13,25)26)10-15-7-18-32-17(11-37(18)31-9-15)16(5-6-22(3,4)24(27,28)29)33-20(38)19-14(2)34-40-35-19/h7,9,11,13,16H,5-6,8,10,12H2,1-4H3,(H,30,39)(H,33,38)/t13-,16+/m1/s1. The first-order chi connectivity index (χ1) is 18.6. The number of carbonyl (C=O) groups excluding carboxylic acids is 2. The number of hydrogen-bond donors (Lipinski definition) is 2. The van der Waals surface area contributed by atoms with E-state index in [9.17, 15) is 31.5 Å². The van der Waals surface area contributed by atoms with Crippen LogP contribution in [0.5, 0.6) is 0 Å². The van der Waals surface area contributed by atoms with Crippen molar-refractivity contribution in [3.63, 3.8) is 0 Å². The third-order valence-corrected chi connectivity index (χ3v) is 7.09. The Bertz CT molecular complexity index is 1390. The molecule has 0 aromatic carbocycles. The van der Waals surface area contributed by atoms with Crippen LogP contribution in [0.3, 0.4) is 0 Å². The first-order valence-corrected chi connectivity index (χ1v) is 12.5. The Labute approximate surface area is 225 Å². The highest BCUT2D eigenvalue weighted by atomic mass is 19.4. The van der Waals surface area contributed by atoms with Gasteiger partial charge in [0, 0.05) is 19.0 Å². The molecule has 0 aliphatic carbocycles. The number of fused-ring (bicyclic) bond motifs is 1. The maximum atomic E-state index is 14.4. The molecule has 11 nitrogen and oxygen atoms in total. The molecule has 2 atom stereocenters. The molecule has 4 rings (SSSR count). The minimum atomic E-state index is -4.47. The molecule has 40 heavy (non-hydrogen) atoms. The van der Waals surface area contributed by atoms with Gasteiger partial charge in [-0.15, -0.1) is 0 Å². The quantitative estimate of drug-likeness (QED) is 0.390. The summed E-state index contributed by atoms with van der Waals surface area (Å²) in [5, 5.41) is 16.4. The van der Waals surface area contributed by atoms with Gasteiger partial charge in [0.25, 0.3) is 11.8 Å². The molecular weight excluding hydrogens is 543 g/mol. The van der Waals surface area contributed by atoms with E-state index in [2.05, 4.69) is 35.7 Å². The Morgan fingerprint density at radius 1 is 1.30 bits per heavy atom. The van der Waals surface area contributed by atoms with E-state index in [-0.39, 0.29) is 48.7 Å². The first-order valence-electron chi connectivity index (χ1n) is 12.5. The number of aromatic nitrogens is 5. The van der Waals surface area contributed by atoms with Gasteiger partial charge in [0.2, 0.25) is 0 Å². The molecule has 2 N–H and O–H groups in total. The van der Waals surface area contributed by atoms with Gasteiger partial charge in [-0.3, -0.25) is 4.79 Å². The van der Waals surface area contributed by atoms with Gasteiger partial charge in [-0.2, -0.15) is 18.3 Å². The number of amides is 3. The highest BCUT2D eigenvalue weighted by Gasteiger charge is 2.47. The van der Waals surface area contributed by atoms with E-state index < -0.39 is 48.0 Å². The molecule has 0 bridgehead atoms. The lowest BCUT2D eigenvalue weighted by atomic mass is 9.85. The van der Waals surface area contributed by atoms with Crippen molar-refractivity contribution in [3.8, 4) is 0 Å². The van der Waals surface area contributed by atoms with Gasteiger partial charge in [0.15, 0.2) is 11.3 Å². The number of urea groups is 1. The molecule has 1 saturated heterocycles. The summed E-state index contributed by atoms with van der Waals surface area (Å²) in [7, 11) is 0. The normalized spacial score (nSPS) is 18.9. The van der Waals surface area contributed by atoms with E-state index in [1.807, 2.05) is 0 Å². The molecule has 16 heteroatoms. The van der Waals surface area contributed by atoms with E-state index in [0.29, 0.717) is 5.56 Å². The minimum absolute atomic E-state index is 0.119. The summed E-state index contributed by atoms with van der Waals surface area (Å²) in [6.45, 7) is 3.88. The van der Waals surface area contributed by atoms with Crippen molar-refractivity contribution in [2.24, 2.45) is 11.3 Å².